The minimum Gasteiger partial charge on any atom is -0.455 e. The number of amides is 2. The molecule has 1 heterocycles. The Labute approximate surface area is 173 Å². The Hall–Kier alpha value is -2.45. The minimum absolute atomic E-state index is 0.0179. The zero-order chi connectivity index (χ0) is 20.3. The summed E-state index contributed by atoms with van der Waals surface area (Å²) in [5.41, 5.74) is 0.972. The summed E-state index contributed by atoms with van der Waals surface area (Å²) in [5.74, 6) is -2.66. The quantitative estimate of drug-likeness (QED) is 0.676. The topological polar surface area (TPSA) is 75.7 Å². The molecule has 0 unspecified atom stereocenters. The average molecular weight is 470 g/mol. The van der Waals surface area contributed by atoms with Crippen LogP contribution in [0.15, 0.2) is 46.9 Å². The van der Waals surface area contributed by atoms with E-state index in [2.05, 4.69) is 21.2 Å². The van der Waals surface area contributed by atoms with Gasteiger partial charge in [-0.15, -0.1) is 0 Å². The largest absolute Gasteiger partial charge is 0.455 e. The van der Waals surface area contributed by atoms with Crippen LogP contribution in [-0.4, -0.2) is 30.9 Å². The van der Waals surface area contributed by atoms with Crippen molar-refractivity contribution in [1.29, 1.82) is 0 Å². The second-order valence-electron chi connectivity index (χ2n) is 6.17. The predicted octanol–water partition coefficient (Wildman–Crippen LogP) is 3.78. The van der Waals surface area contributed by atoms with Gasteiger partial charge in [0.15, 0.2) is 6.61 Å². The summed E-state index contributed by atoms with van der Waals surface area (Å²) in [6.07, 6.45) is 0.0179. The van der Waals surface area contributed by atoms with Crippen LogP contribution in [0, 0.1) is 11.7 Å². The van der Waals surface area contributed by atoms with Crippen molar-refractivity contribution < 1.29 is 23.5 Å². The summed E-state index contributed by atoms with van der Waals surface area (Å²) in [6.45, 7) is -0.328. The molecule has 0 aromatic heterocycles. The Morgan fingerprint density at radius 3 is 2.64 bits per heavy atom. The first-order chi connectivity index (χ1) is 13.3. The first kappa shape index (κ1) is 20.3. The third-order valence-corrected chi connectivity index (χ3v) is 4.96. The van der Waals surface area contributed by atoms with Crippen LogP contribution in [-0.2, 0) is 19.1 Å². The molecule has 0 spiro atoms. The molecule has 9 heteroatoms. The van der Waals surface area contributed by atoms with Crippen molar-refractivity contribution in [2.75, 3.05) is 23.4 Å². The Morgan fingerprint density at radius 2 is 1.96 bits per heavy atom. The highest BCUT2D eigenvalue weighted by molar-refractivity contribution is 9.10. The van der Waals surface area contributed by atoms with Crippen LogP contribution < -0.4 is 10.2 Å². The van der Waals surface area contributed by atoms with Gasteiger partial charge in [-0.1, -0.05) is 27.5 Å². The molecule has 28 heavy (non-hydrogen) atoms. The van der Waals surface area contributed by atoms with Crippen LogP contribution in [0.4, 0.5) is 15.8 Å². The van der Waals surface area contributed by atoms with E-state index in [9.17, 15) is 18.8 Å². The molecule has 2 aromatic carbocycles. The van der Waals surface area contributed by atoms with Gasteiger partial charge in [0.25, 0.3) is 5.91 Å². The SMILES string of the molecule is O=C(COC(=O)[C@H]1CC(=O)N(c2ccc(Br)cc2)C1)Nc1ccc(F)c(Cl)c1. The Morgan fingerprint density at radius 1 is 1.25 bits per heavy atom. The lowest BCUT2D eigenvalue weighted by molar-refractivity contribution is -0.151. The van der Waals surface area contributed by atoms with E-state index in [-0.39, 0.29) is 29.6 Å². The van der Waals surface area contributed by atoms with Gasteiger partial charge in [0.2, 0.25) is 5.91 Å². The highest BCUT2D eigenvalue weighted by Crippen LogP contribution is 2.27. The van der Waals surface area contributed by atoms with Gasteiger partial charge in [-0.25, -0.2) is 4.39 Å². The molecule has 0 bridgehead atoms. The van der Waals surface area contributed by atoms with Crippen LogP contribution in [0.5, 0.6) is 0 Å². The molecule has 1 aliphatic rings. The van der Waals surface area contributed by atoms with Crippen molar-refractivity contribution in [2.45, 2.75) is 6.42 Å². The van der Waals surface area contributed by atoms with E-state index < -0.39 is 30.2 Å². The minimum atomic E-state index is -0.649. The summed E-state index contributed by atoms with van der Waals surface area (Å²) in [5, 5.41) is 2.32. The molecule has 1 atom stereocenters. The molecule has 3 rings (SSSR count). The maximum absolute atomic E-state index is 13.1. The molecule has 1 saturated heterocycles. The Bertz CT molecular complexity index is 923. The summed E-state index contributed by atoms with van der Waals surface area (Å²) in [6, 6.07) is 10.9. The molecule has 0 saturated carbocycles. The summed E-state index contributed by atoms with van der Waals surface area (Å²) >= 11 is 8.97. The number of hydrogen-bond acceptors (Lipinski definition) is 4. The molecule has 0 radical (unpaired) electrons. The first-order valence-electron chi connectivity index (χ1n) is 8.31. The third-order valence-electron chi connectivity index (χ3n) is 4.15. The van der Waals surface area contributed by atoms with E-state index in [1.165, 1.54) is 17.0 Å². The molecular formula is C19H15BrClFN2O4. The van der Waals surface area contributed by atoms with Crippen molar-refractivity contribution in [3.05, 3.63) is 57.8 Å². The van der Waals surface area contributed by atoms with Gasteiger partial charge < -0.3 is 15.0 Å². The lowest BCUT2D eigenvalue weighted by atomic mass is 10.1. The van der Waals surface area contributed by atoms with Gasteiger partial charge in [0, 0.05) is 28.8 Å². The van der Waals surface area contributed by atoms with Crippen LogP contribution in [0.2, 0.25) is 5.02 Å². The van der Waals surface area contributed by atoms with E-state index in [1.807, 2.05) is 0 Å². The van der Waals surface area contributed by atoms with Gasteiger partial charge in [-0.2, -0.15) is 0 Å². The molecule has 1 N–H and O–H groups in total. The lowest BCUT2D eigenvalue weighted by Crippen LogP contribution is -2.28. The second kappa shape index (κ2) is 8.70. The number of carbonyl (C=O) groups excluding carboxylic acids is 3. The number of carbonyl (C=O) groups is 3. The summed E-state index contributed by atoms with van der Waals surface area (Å²) in [4.78, 5) is 37.8. The number of esters is 1. The number of nitrogens with one attached hydrogen (secondary N) is 1. The standard InChI is InChI=1S/C19H15BrClFN2O4/c20-12-1-4-14(5-2-12)24-9-11(7-18(24)26)19(27)28-10-17(25)23-13-3-6-16(22)15(21)8-13/h1-6,8,11H,7,9-10H2,(H,23,25)/t11-/m0/s1. The smallest absolute Gasteiger partial charge is 0.311 e. The van der Waals surface area contributed by atoms with Crippen LogP contribution >= 0.6 is 27.5 Å². The maximum Gasteiger partial charge on any atom is 0.311 e. The molecule has 0 aliphatic carbocycles. The van der Waals surface area contributed by atoms with Crippen molar-refractivity contribution >= 4 is 56.7 Å². The van der Waals surface area contributed by atoms with Gasteiger partial charge in [0.05, 0.1) is 10.9 Å². The van der Waals surface area contributed by atoms with Crippen LogP contribution in [0.1, 0.15) is 6.42 Å². The molecule has 1 fully saturated rings. The molecule has 146 valence electrons. The zero-order valence-electron chi connectivity index (χ0n) is 14.5. The number of benzene rings is 2. The monoisotopic (exact) mass is 468 g/mol. The Balaban J connectivity index is 1.52. The molecular weight excluding hydrogens is 455 g/mol. The van der Waals surface area contributed by atoms with Crippen LogP contribution in [0.25, 0.3) is 0 Å². The van der Waals surface area contributed by atoms with Crippen molar-refractivity contribution in [3.63, 3.8) is 0 Å². The van der Waals surface area contributed by atoms with Crippen molar-refractivity contribution in [1.82, 2.24) is 0 Å². The number of hydrogen-bond donors (Lipinski definition) is 1. The second-order valence-corrected chi connectivity index (χ2v) is 7.49. The highest BCUT2D eigenvalue weighted by Gasteiger charge is 2.36. The van der Waals surface area contributed by atoms with E-state index in [0.717, 1.165) is 10.5 Å². The van der Waals surface area contributed by atoms with Gasteiger partial charge in [0.1, 0.15) is 5.82 Å². The average Bonchev–Trinajstić information content (AvgIpc) is 3.05. The fraction of sp³-hybridized carbons (Fsp3) is 0.211. The fourth-order valence-electron chi connectivity index (χ4n) is 2.76. The molecule has 2 amide bonds. The van der Waals surface area contributed by atoms with Crippen molar-refractivity contribution in [2.24, 2.45) is 5.92 Å². The summed E-state index contributed by atoms with van der Waals surface area (Å²) < 4.78 is 19.0. The summed E-state index contributed by atoms with van der Waals surface area (Å²) in [7, 11) is 0. The van der Waals surface area contributed by atoms with Gasteiger partial charge >= 0.3 is 5.97 Å². The van der Waals surface area contributed by atoms with Gasteiger partial charge in [-0.05, 0) is 42.5 Å². The normalized spacial score (nSPS) is 16.2. The predicted molar refractivity (Wildman–Crippen MR) is 106 cm³/mol. The van der Waals surface area contributed by atoms with E-state index in [4.69, 9.17) is 16.3 Å². The highest BCUT2D eigenvalue weighted by atomic mass is 79.9. The zero-order valence-corrected chi connectivity index (χ0v) is 16.8. The van der Waals surface area contributed by atoms with Gasteiger partial charge in [-0.3, -0.25) is 14.4 Å². The fourth-order valence-corrected chi connectivity index (χ4v) is 3.21. The first-order valence-corrected chi connectivity index (χ1v) is 9.48. The third kappa shape index (κ3) is 4.88. The number of rotatable bonds is 5. The number of anilines is 2. The molecule has 6 nitrogen and oxygen atoms in total. The lowest BCUT2D eigenvalue weighted by Gasteiger charge is -2.16. The van der Waals surface area contributed by atoms with E-state index in [1.54, 1.807) is 24.3 Å². The number of ether oxygens (including phenoxy) is 1. The molecule has 1 aliphatic heterocycles. The van der Waals surface area contributed by atoms with Crippen molar-refractivity contribution in [3.8, 4) is 0 Å². The Kier molecular flexibility index (Phi) is 6.31. The van der Waals surface area contributed by atoms with E-state index >= 15 is 0 Å². The maximum atomic E-state index is 13.1. The van der Waals surface area contributed by atoms with E-state index in [0.29, 0.717) is 5.69 Å². The number of nitrogens with zero attached hydrogens (tertiary/aromatic N) is 1. The molecule has 2 aromatic rings. The number of halogens is 3. The van der Waals surface area contributed by atoms with Crippen LogP contribution in [0.3, 0.4) is 0 Å².